The van der Waals surface area contributed by atoms with Crippen LogP contribution in [0.4, 0.5) is 0 Å². The van der Waals surface area contributed by atoms with Crippen LogP contribution in [0.5, 0.6) is 0 Å². The number of hydrogen-bond donors (Lipinski definition) is 1. The quantitative estimate of drug-likeness (QED) is 0.310. The van der Waals surface area contributed by atoms with E-state index in [1.807, 2.05) is 42.6 Å². The summed E-state index contributed by atoms with van der Waals surface area (Å²) in [6, 6.07) is 21.8. The second-order valence-corrected chi connectivity index (χ2v) is 6.13. The molecule has 0 fully saturated rings. The van der Waals surface area contributed by atoms with Crippen LogP contribution in [0, 0.1) is 0 Å². The van der Waals surface area contributed by atoms with Gasteiger partial charge in [-0.2, -0.15) is 0 Å². The predicted octanol–water partition coefficient (Wildman–Crippen LogP) is 2.93. The zero-order valence-corrected chi connectivity index (χ0v) is 14.5. The van der Waals surface area contributed by atoms with Gasteiger partial charge in [0.05, 0.1) is 0 Å². The number of carbonyl (C=O) groups is 2. The minimum atomic E-state index is -0.471. The number of carbonyl (C=O) groups excluding carboxylic acids is 2. The van der Waals surface area contributed by atoms with Crippen LogP contribution in [-0.4, -0.2) is 11.6 Å². The summed E-state index contributed by atoms with van der Waals surface area (Å²) in [6.07, 6.45) is 4.15. The van der Waals surface area contributed by atoms with E-state index in [2.05, 4.69) is 0 Å². The molecule has 4 nitrogen and oxygen atoms in total. The highest BCUT2D eigenvalue weighted by Crippen LogP contribution is 2.15. The molecule has 0 atom stereocenters. The minimum absolute atomic E-state index is 0.417. The van der Waals surface area contributed by atoms with Crippen LogP contribution in [0.25, 0.3) is 0 Å². The number of Topliss-reactive ketones (excluding diaryl/α,β-unsaturated/α-hetero) is 2. The molecule has 0 amide bonds. The van der Waals surface area contributed by atoms with Crippen molar-refractivity contribution in [3.05, 3.63) is 101 Å². The Hall–Kier alpha value is -3.27. The molecule has 0 aliphatic rings. The molecule has 0 unspecified atom stereocenters. The van der Waals surface area contributed by atoms with Gasteiger partial charge in [0.25, 0.3) is 0 Å². The molecule has 2 aromatic carbocycles. The third-order valence-corrected chi connectivity index (χ3v) is 4.36. The molecule has 0 radical (unpaired) electrons. The summed E-state index contributed by atoms with van der Waals surface area (Å²) in [5.41, 5.74) is 2.81. The lowest BCUT2D eigenvalue weighted by molar-refractivity contribution is -0.647. The van der Waals surface area contributed by atoms with Gasteiger partial charge < -0.3 is 0 Å². The first kappa shape index (κ1) is 17.5. The maximum absolute atomic E-state index is 12.7. The summed E-state index contributed by atoms with van der Waals surface area (Å²) in [5, 5.41) is 0. The van der Waals surface area contributed by atoms with Gasteiger partial charge in [0.2, 0.25) is 17.3 Å². The Morgan fingerprint density at radius 2 is 1.46 bits per heavy atom. The van der Waals surface area contributed by atoms with Gasteiger partial charge >= 0.3 is 0 Å². The topological polar surface area (TPSA) is 64.0 Å². The third-order valence-electron chi connectivity index (χ3n) is 4.36. The smallest absolute Gasteiger partial charge is 0.233 e. The molecule has 1 heterocycles. The van der Waals surface area contributed by atoms with Crippen molar-refractivity contribution in [2.75, 3.05) is 5.84 Å². The van der Waals surface area contributed by atoms with E-state index >= 15 is 0 Å². The van der Waals surface area contributed by atoms with Crippen molar-refractivity contribution in [3.63, 3.8) is 0 Å². The van der Waals surface area contributed by atoms with E-state index in [4.69, 9.17) is 5.84 Å². The summed E-state index contributed by atoms with van der Waals surface area (Å²) in [4.78, 5) is 25.1. The van der Waals surface area contributed by atoms with Gasteiger partial charge in [-0.25, -0.2) is 5.84 Å². The molecule has 0 bridgehead atoms. The monoisotopic (exact) mass is 345 g/mol. The zero-order chi connectivity index (χ0) is 18.4. The number of nitrogens with zero attached hydrogens (tertiary/aromatic N) is 1. The fraction of sp³-hybridized carbons (Fsp3) is 0.136. The average Bonchev–Trinajstić information content (AvgIpc) is 2.69. The van der Waals surface area contributed by atoms with E-state index in [1.165, 1.54) is 0 Å². The van der Waals surface area contributed by atoms with E-state index < -0.39 is 11.6 Å². The van der Waals surface area contributed by atoms with Crippen molar-refractivity contribution >= 4 is 11.6 Å². The maximum Gasteiger partial charge on any atom is 0.233 e. The molecular weight excluding hydrogens is 324 g/mol. The number of aryl methyl sites for hydroxylation is 2. The van der Waals surface area contributed by atoms with Crippen LogP contribution in [0.15, 0.2) is 79.0 Å². The fourth-order valence-electron chi connectivity index (χ4n) is 2.97. The highest BCUT2D eigenvalue weighted by Gasteiger charge is 2.20. The van der Waals surface area contributed by atoms with E-state index in [9.17, 15) is 9.59 Å². The van der Waals surface area contributed by atoms with Crippen LogP contribution in [0.3, 0.4) is 0 Å². The largest absolute Gasteiger partial charge is 0.285 e. The van der Waals surface area contributed by atoms with Crippen molar-refractivity contribution in [2.45, 2.75) is 19.3 Å². The van der Waals surface area contributed by atoms with Crippen molar-refractivity contribution < 1.29 is 14.3 Å². The van der Waals surface area contributed by atoms with Gasteiger partial charge in [0.1, 0.15) is 0 Å². The molecule has 0 saturated carbocycles. The molecule has 2 N–H and O–H groups in total. The molecule has 0 saturated heterocycles. The number of nitrogens with two attached hydrogens (primary N) is 1. The van der Waals surface area contributed by atoms with Crippen molar-refractivity contribution in [1.29, 1.82) is 0 Å². The molecule has 130 valence electrons. The molecule has 4 heteroatoms. The first-order valence-corrected chi connectivity index (χ1v) is 8.63. The lowest BCUT2D eigenvalue weighted by Crippen LogP contribution is -2.47. The molecule has 1 aromatic heterocycles. The number of aromatic nitrogens is 1. The molecular formula is C22H21N2O2+. The summed E-state index contributed by atoms with van der Waals surface area (Å²) in [5.74, 6) is 4.97. The molecule has 3 aromatic rings. The summed E-state index contributed by atoms with van der Waals surface area (Å²) < 4.78 is 1.61. The maximum atomic E-state index is 12.7. The number of benzene rings is 2. The third kappa shape index (κ3) is 4.03. The highest BCUT2D eigenvalue weighted by atomic mass is 16.2. The van der Waals surface area contributed by atoms with Gasteiger partial charge in [0.15, 0.2) is 6.20 Å². The predicted molar refractivity (Wildman–Crippen MR) is 100 cm³/mol. The molecule has 3 rings (SSSR count). The number of pyridine rings is 1. The molecule has 0 aliphatic heterocycles. The lowest BCUT2D eigenvalue weighted by atomic mass is 9.94. The SMILES string of the molecule is N[n+]1ccccc1CCCc1ccccc1C(=O)C(=O)c1ccccc1. The Bertz CT molecular complexity index is 920. The Labute approximate surface area is 152 Å². The molecule has 0 spiro atoms. The van der Waals surface area contributed by atoms with Gasteiger partial charge in [-0.15, -0.1) is 0 Å². The average molecular weight is 345 g/mol. The van der Waals surface area contributed by atoms with Crippen LogP contribution >= 0.6 is 0 Å². The second kappa shape index (κ2) is 8.21. The fourth-order valence-corrected chi connectivity index (χ4v) is 2.97. The summed E-state index contributed by atoms with van der Waals surface area (Å²) in [7, 11) is 0. The standard InChI is InChI=1S/C22H21N2O2/c23-24-16-7-6-13-19(24)14-8-12-17-9-4-5-15-20(17)22(26)21(25)18-10-2-1-3-11-18/h1-7,9-11,13,15-16H,8,12,14,23H2/q+1. The normalized spacial score (nSPS) is 10.5. The first-order chi connectivity index (χ1) is 12.7. The Morgan fingerprint density at radius 1 is 0.769 bits per heavy atom. The second-order valence-electron chi connectivity index (χ2n) is 6.13. The Morgan fingerprint density at radius 3 is 2.23 bits per heavy atom. The van der Waals surface area contributed by atoms with Gasteiger partial charge in [-0.1, -0.05) is 59.3 Å². The molecule has 26 heavy (non-hydrogen) atoms. The number of ketones is 2. The lowest BCUT2D eigenvalue weighted by Gasteiger charge is -2.08. The van der Waals surface area contributed by atoms with Crippen molar-refractivity contribution in [3.8, 4) is 0 Å². The van der Waals surface area contributed by atoms with E-state index in [0.29, 0.717) is 17.5 Å². The zero-order valence-electron chi connectivity index (χ0n) is 14.5. The molecule has 0 aliphatic carbocycles. The highest BCUT2D eigenvalue weighted by molar-refractivity contribution is 6.49. The number of rotatable bonds is 7. The number of hydrogen-bond acceptors (Lipinski definition) is 3. The van der Waals surface area contributed by atoms with E-state index in [1.54, 1.807) is 41.1 Å². The van der Waals surface area contributed by atoms with Gasteiger partial charge in [-0.05, 0) is 24.5 Å². The van der Waals surface area contributed by atoms with E-state index in [0.717, 1.165) is 24.1 Å². The van der Waals surface area contributed by atoms with Crippen LogP contribution in [0.2, 0.25) is 0 Å². The van der Waals surface area contributed by atoms with Crippen LogP contribution < -0.4 is 10.5 Å². The van der Waals surface area contributed by atoms with Gasteiger partial charge in [0, 0.05) is 29.7 Å². The van der Waals surface area contributed by atoms with Crippen molar-refractivity contribution in [2.24, 2.45) is 0 Å². The number of nitrogen functional groups attached to an aromatic ring is 1. The van der Waals surface area contributed by atoms with Crippen LogP contribution in [-0.2, 0) is 12.8 Å². The summed E-state index contributed by atoms with van der Waals surface area (Å²) >= 11 is 0. The van der Waals surface area contributed by atoms with Crippen LogP contribution in [0.1, 0.15) is 38.4 Å². The van der Waals surface area contributed by atoms with E-state index in [-0.39, 0.29) is 0 Å². The summed E-state index contributed by atoms with van der Waals surface area (Å²) in [6.45, 7) is 0. The Kier molecular flexibility index (Phi) is 5.54. The Balaban J connectivity index is 1.73. The van der Waals surface area contributed by atoms with Gasteiger partial charge in [-0.3, -0.25) is 9.59 Å². The first-order valence-electron chi connectivity index (χ1n) is 8.63. The van der Waals surface area contributed by atoms with Crippen molar-refractivity contribution in [1.82, 2.24) is 0 Å². The minimum Gasteiger partial charge on any atom is -0.285 e.